The summed E-state index contributed by atoms with van der Waals surface area (Å²) in [6.45, 7) is 6.61. The zero-order valence-electron chi connectivity index (χ0n) is 16.3. The topological polar surface area (TPSA) is 70.2 Å². The van der Waals surface area contributed by atoms with Gasteiger partial charge in [-0.15, -0.1) is 0 Å². The molecule has 0 heterocycles. The second-order valence-corrected chi connectivity index (χ2v) is 7.84. The van der Waals surface area contributed by atoms with Crippen LogP contribution in [0.2, 0.25) is 0 Å². The Morgan fingerprint density at radius 2 is 1.73 bits per heavy atom. The number of urea groups is 1. The highest BCUT2D eigenvalue weighted by molar-refractivity contribution is 5.87. The summed E-state index contributed by atoms with van der Waals surface area (Å²) in [6, 6.07) is 7.50. The molecule has 5 heteroatoms. The minimum Gasteiger partial charge on any atom is -0.352 e. The number of rotatable bonds is 7. The van der Waals surface area contributed by atoms with E-state index in [0.29, 0.717) is 18.9 Å². The van der Waals surface area contributed by atoms with E-state index < -0.39 is 6.04 Å². The summed E-state index contributed by atoms with van der Waals surface area (Å²) in [7, 11) is 0. The number of carbonyl (C=O) groups is 2. The Hall–Kier alpha value is -2.04. The summed E-state index contributed by atoms with van der Waals surface area (Å²) in [6.07, 6.45) is 6.31. The molecule has 3 N–H and O–H groups in total. The zero-order chi connectivity index (χ0) is 18.9. The zero-order valence-corrected chi connectivity index (χ0v) is 16.3. The number of carbonyl (C=O) groups excluding carboxylic acids is 2. The number of benzene rings is 1. The van der Waals surface area contributed by atoms with Gasteiger partial charge in [0.2, 0.25) is 5.91 Å². The fraction of sp³-hybridized carbons (Fsp3) is 0.619. The molecule has 1 saturated carbocycles. The van der Waals surface area contributed by atoms with Crippen molar-refractivity contribution in [3.8, 4) is 0 Å². The minimum absolute atomic E-state index is 0.0592. The van der Waals surface area contributed by atoms with Crippen LogP contribution in [-0.4, -0.2) is 24.0 Å². The molecule has 144 valence electrons. The van der Waals surface area contributed by atoms with Crippen molar-refractivity contribution in [3.05, 3.63) is 35.4 Å². The number of nitrogens with one attached hydrogen (secondary N) is 3. The summed E-state index contributed by atoms with van der Waals surface area (Å²) in [4.78, 5) is 24.9. The Kier molecular flexibility index (Phi) is 7.95. The molecule has 1 fully saturated rings. The molecule has 0 aliphatic heterocycles. The molecule has 1 aromatic carbocycles. The Bertz CT molecular complexity index is 577. The van der Waals surface area contributed by atoms with Gasteiger partial charge < -0.3 is 16.0 Å². The Morgan fingerprint density at radius 1 is 1.08 bits per heavy atom. The van der Waals surface area contributed by atoms with E-state index >= 15 is 0 Å². The van der Waals surface area contributed by atoms with E-state index in [2.05, 4.69) is 29.8 Å². The SMILES string of the molecule is Cc1ccc(CNC(=O)NC(CC(C)C)C(=O)NC2CCCCC2)cc1. The molecular weight excluding hydrogens is 326 g/mol. The van der Waals surface area contributed by atoms with Gasteiger partial charge in [-0.1, -0.05) is 62.9 Å². The largest absolute Gasteiger partial charge is 0.352 e. The molecule has 2 rings (SSSR count). The second kappa shape index (κ2) is 10.2. The second-order valence-electron chi connectivity index (χ2n) is 7.84. The van der Waals surface area contributed by atoms with Crippen molar-refractivity contribution < 1.29 is 9.59 Å². The number of aryl methyl sites for hydroxylation is 1. The first-order valence-corrected chi connectivity index (χ1v) is 9.84. The Balaban J connectivity index is 1.85. The molecular formula is C21H33N3O2. The van der Waals surface area contributed by atoms with Gasteiger partial charge in [0.25, 0.3) is 0 Å². The number of amides is 3. The fourth-order valence-electron chi connectivity index (χ4n) is 3.35. The van der Waals surface area contributed by atoms with Crippen LogP contribution in [-0.2, 0) is 11.3 Å². The maximum absolute atomic E-state index is 12.6. The molecule has 0 bridgehead atoms. The molecule has 26 heavy (non-hydrogen) atoms. The van der Waals surface area contributed by atoms with Gasteiger partial charge in [-0.2, -0.15) is 0 Å². The highest BCUT2D eigenvalue weighted by Crippen LogP contribution is 2.18. The van der Waals surface area contributed by atoms with E-state index in [0.717, 1.165) is 18.4 Å². The first-order valence-electron chi connectivity index (χ1n) is 9.84. The van der Waals surface area contributed by atoms with Crippen LogP contribution >= 0.6 is 0 Å². The van der Waals surface area contributed by atoms with E-state index in [1.807, 2.05) is 31.2 Å². The van der Waals surface area contributed by atoms with E-state index in [1.165, 1.54) is 24.8 Å². The number of hydrogen-bond acceptors (Lipinski definition) is 2. The van der Waals surface area contributed by atoms with E-state index in [-0.39, 0.29) is 18.0 Å². The van der Waals surface area contributed by atoms with Crippen LogP contribution in [0.5, 0.6) is 0 Å². The van der Waals surface area contributed by atoms with Crippen molar-refractivity contribution in [1.29, 1.82) is 0 Å². The summed E-state index contributed by atoms with van der Waals surface area (Å²) in [5.41, 5.74) is 2.23. The van der Waals surface area contributed by atoms with Gasteiger partial charge in [-0.05, 0) is 37.7 Å². The van der Waals surface area contributed by atoms with Crippen molar-refractivity contribution in [2.75, 3.05) is 0 Å². The van der Waals surface area contributed by atoms with E-state index in [4.69, 9.17) is 0 Å². The van der Waals surface area contributed by atoms with Crippen LogP contribution in [0.25, 0.3) is 0 Å². The smallest absolute Gasteiger partial charge is 0.315 e. The molecule has 1 aliphatic carbocycles. The van der Waals surface area contributed by atoms with Crippen LogP contribution in [0.1, 0.15) is 63.5 Å². The van der Waals surface area contributed by atoms with Crippen molar-refractivity contribution in [1.82, 2.24) is 16.0 Å². The van der Waals surface area contributed by atoms with Gasteiger partial charge in [0.15, 0.2) is 0 Å². The molecule has 1 aromatic rings. The lowest BCUT2D eigenvalue weighted by Crippen LogP contribution is -2.52. The van der Waals surface area contributed by atoms with Gasteiger partial charge >= 0.3 is 6.03 Å². The molecule has 1 unspecified atom stereocenters. The monoisotopic (exact) mass is 359 g/mol. The molecule has 0 spiro atoms. The van der Waals surface area contributed by atoms with Crippen LogP contribution in [0.15, 0.2) is 24.3 Å². The molecule has 0 saturated heterocycles. The lowest BCUT2D eigenvalue weighted by atomic mass is 9.94. The summed E-state index contributed by atoms with van der Waals surface area (Å²) in [5, 5.41) is 8.84. The fourth-order valence-corrected chi connectivity index (χ4v) is 3.35. The average molecular weight is 360 g/mol. The van der Waals surface area contributed by atoms with Crippen molar-refractivity contribution >= 4 is 11.9 Å². The Labute approximate surface area is 157 Å². The van der Waals surface area contributed by atoms with Gasteiger partial charge in [-0.25, -0.2) is 4.79 Å². The summed E-state index contributed by atoms with van der Waals surface area (Å²) >= 11 is 0. The molecule has 3 amide bonds. The quantitative estimate of drug-likeness (QED) is 0.695. The third kappa shape index (κ3) is 7.06. The summed E-state index contributed by atoms with van der Waals surface area (Å²) < 4.78 is 0. The maximum atomic E-state index is 12.6. The molecule has 0 aromatic heterocycles. The standard InChI is InChI=1S/C21H33N3O2/c1-15(2)13-19(20(25)23-18-7-5-4-6-8-18)24-21(26)22-14-17-11-9-16(3)10-12-17/h9-12,15,18-19H,4-8,13-14H2,1-3H3,(H,23,25)(H2,22,24,26). The van der Waals surface area contributed by atoms with E-state index in [1.54, 1.807) is 0 Å². The molecule has 1 aliphatic rings. The molecule has 5 nitrogen and oxygen atoms in total. The third-order valence-corrected chi connectivity index (χ3v) is 4.85. The number of hydrogen-bond donors (Lipinski definition) is 3. The average Bonchev–Trinajstić information content (AvgIpc) is 2.61. The van der Waals surface area contributed by atoms with Crippen molar-refractivity contribution in [3.63, 3.8) is 0 Å². The van der Waals surface area contributed by atoms with Crippen molar-refractivity contribution in [2.24, 2.45) is 5.92 Å². The van der Waals surface area contributed by atoms with Gasteiger partial charge in [0.05, 0.1) is 0 Å². The predicted octanol–water partition coefficient (Wildman–Crippen LogP) is 3.66. The van der Waals surface area contributed by atoms with Crippen LogP contribution in [0, 0.1) is 12.8 Å². The highest BCUT2D eigenvalue weighted by Gasteiger charge is 2.24. The molecule has 1 atom stereocenters. The third-order valence-electron chi connectivity index (χ3n) is 4.85. The maximum Gasteiger partial charge on any atom is 0.315 e. The molecule has 0 radical (unpaired) electrons. The predicted molar refractivity (Wildman–Crippen MR) is 105 cm³/mol. The minimum atomic E-state index is -0.491. The highest BCUT2D eigenvalue weighted by atomic mass is 16.2. The van der Waals surface area contributed by atoms with Crippen LogP contribution < -0.4 is 16.0 Å². The van der Waals surface area contributed by atoms with Gasteiger partial charge in [0.1, 0.15) is 6.04 Å². The Morgan fingerprint density at radius 3 is 2.35 bits per heavy atom. The van der Waals surface area contributed by atoms with Gasteiger partial charge in [-0.3, -0.25) is 4.79 Å². The first kappa shape index (κ1) is 20.3. The first-order chi connectivity index (χ1) is 12.4. The lowest BCUT2D eigenvalue weighted by molar-refractivity contribution is -0.124. The van der Waals surface area contributed by atoms with Crippen molar-refractivity contribution in [2.45, 2.75) is 77.9 Å². The summed E-state index contributed by atoms with van der Waals surface area (Å²) in [5.74, 6) is 0.269. The normalized spacial score (nSPS) is 16.2. The lowest BCUT2D eigenvalue weighted by Gasteiger charge is -2.26. The van der Waals surface area contributed by atoms with Crippen LogP contribution in [0.4, 0.5) is 4.79 Å². The van der Waals surface area contributed by atoms with Gasteiger partial charge in [0, 0.05) is 12.6 Å². The van der Waals surface area contributed by atoms with E-state index in [9.17, 15) is 9.59 Å². The van der Waals surface area contributed by atoms with Crippen LogP contribution in [0.3, 0.4) is 0 Å².